The predicted molar refractivity (Wildman–Crippen MR) is 128 cm³/mol. The first-order valence-electron chi connectivity index (χ1n) is 12.9. The van der Waals surface area contributed by atoms with Crippen LogP contribution in [-0.4, -0.2) is 43.8 Å². The average molecular weight is 558 g/mol. The van der Waals surface area contributed by atoms with Crippen molar-refractivity contribution in [1.29, 1.82) is 0 Å². The number of rotatable bonds is 7. The van der Waals surface area contributed by atoms with Gasteiger partial charge in [0.15, 0.2) is 11.5 Å². The molecule has 2 fully saturated rings. The fraction of sp³-hybridized carbons (Fsp3) is 0.536. The Morgan fingerprint density at radius 3 is 2.36 bits per heavy atom. The van der Waals surface area contributed by atoms with Gasteiger partial charge in [-0.2, -0.15) is 26.3 Å². The summed E-state index contributed by atoms with van der Waals surface area (Å²) in [5.74, 6) is 0.834. The van der Waals surface area contributed by atoms with E-state index in [2.05, 4.69) is 0 Å². The molecule has 0 aromatic heterocycles. The zero-order chi connectivity index (χ0) is 28.1. The number of alkyl halides is 6. The number of ether oxygens (including phenoxy) is 3. The Morgan fingerprint density at radius 1 is 1.03 bits per heavy atom. The van der Waals surface area contributed by atoms with E-state index in [1.807, 2.05) is 25.1 Å². The van der Waals surface area contributed by atoms with Crippen LogP contribution in [0, 0.1) is 17.8 Å². The fourth-order valence-corrected chi connectivity index (χ4v) is 5.69. The molecule has 1 aliphatic carbocycles. The third-order valence-corrected chi connectivity index (χ3v) is 7.92. The van der Waals surface area contributed by atoms with Gasteiger partial charge in [0.2, 0.25) is 0 Å². The van der Waals surface area contributed by atoms with Gasteiger partial charge < -0.3 is 14.2 Å². The molecule has 212 valence electrons. The number of carbonyl (C=O) groups is 1. The molecule has 0 amide bonds. The Kier molecular flexibility index (Phi) is 7.24. The summed E-state index contributed by atoms with van der Waals surface area (Å²) in [6.07, 6.45) is -7.78. The van der Waals surface area contributed by atoms with Crippen molar-refractivity contribution < 1.29 is 45.3 Å². The summed E-state index contributed by atoms with van der Waals surface area (Å²) in [5, 5.41) is 0. The summed E-state index contributed by atoms with van der Waals surface area (Å²) in [7, 11) is 1.37. The second-order valence-corrected chi connectivity index (χ2v) is 10.7. The van der Waals surface area contributed by atoms with E-state index >= 15 is 0 Å². The van der Waals surface area contributed by atoms with Crippen LogP contribution in [0.1, 0.15) is 47.9 Å². The van der Waals surface area contributed by atoms with Gasteiger partial charge in [0.25, 0.3) is 0 Å². The third kappa shape index (κ3) is 5.83. The van der Waals surface area contributed by atoms with E-state index in [9.17, 15) is 31.1 Å². The molecule has 2 aliphatic heterocycles. The van der Waals surface area contributed by atoms with Crippen LogP contribution in [0.15, 0.2) is 36.4 Å². The summed E-state index contributed by atoms with van der Waals surface area (Å²) in [4.78, 5) is 13.9. The van der Waals surface area contributed by atoms with Crippen molar-refractivity contribution in [2.24, 2.45) is 17.8 Å². The molecule has 3 atom stereocenters. The van der Waals surface area contributed by atoms with Crippen LogP contribution in [0.25, 0.3) is 0 Å². The lowest BCUT2D eigenvalue weighted by atomic mass is 9.83. The minimum absolute atomic E-state index is 0.0128. The van der Waals surface area contributed by atoms with Crippen molar-refractivity contribution in [2.75, 3.05) is 26.8 Å². The first-order valence-corrected chi connectivity index (χ1v) is 12.9. The zero-order valence-electron chi connectivity index (χ0n) is 21.4. The average Bonchev–Trinajstić information content (AvgIpc) is 3.69. The number of methoxy groups -OCH3 is 1. The number of carbonyl (C=O) groups excluding carboxylic acids is 1. The smallest absolute Gasteiger partial charge is 0.416 e. The lowest BCUT2D eigenvalue weighted by Crippen LogP contribution is -2.55. The number of esters is 1. The molecule has 11 heteroatoms. The highest BCUT2D eigenvalue weighted by molar-refractivity contribution is 5.73. The summed E-state index contributed by atoms with van der Waals surface area (Å²) < 4.78 is 96.9. The summed E-state index contributed by atoms with van der Waals surface area (Å²) in [6, 6.07) is 7.18. The molecule has 5 nitrogen and oxygen atoms in total. The normalized spacial score (nSPS) is 21.7. The first-order chi connectivity index (χ1) is 18.3. The number of benzene rings is 2. The largest absolute Gasteiger partial charge is 0.486 e. The second kappa shape index (κ2) is 10.2. The van der Waals surface area contributed by atoms with Gasteiger partial charge in [-0.05, 0) is 66.1 Å². The van der Waals surface area contributed by atoms with Crippen LogP contribution in [-0.2, 0) is 28.4 Å². The highest BCUT2D eigenvalue weighted by Gasteiger charge is 2.42. The number of fused-ring (bicyclic) bond motifs is 1. The van der Waals surface area contributed by atoms with E-state index in [1.165, 1.54) is 7.11 Å². The van der Waals surface area contributed by atoms with Gasteiger partial charge >= 0.3 is 18.3 Å². The number of nitrogens with zero attached hydrogens (tertiary/aromatic N) is 1. The van der Waals surface area contributed by atoms with Crippen molar-refractivity contribution in [3.8, 4) is 11.5 Å². The van der Waals surface area contributed by atoms with Crippen molar-refractivity contribution in [3.05, 3.63) is 58.7 Å². The number of halogens is 6. The maximum absolute atomic E-state index is 13.5. The Balaban J connectivity index is 1.26. The van der Waals surface area contributed by atoms with Crippen LogP contribution in [0.4, 0.5) is 26.3 Å². The van der Waals surface area contributed by atoms with Gasteiger partial charge in [-0.1, -0.05) is 13.0 Å². The second-order valence-electron chi connectivity index (χ2n) is 10.7. The molecule has 0 N–H and O–H groups in total. The van der Waals surface area contributed by atoms with Crippen LogP contribution in [0.2, 0.25) is 0 Å². The van der Waals surface area contributed by atoms with E-state index in [4.69, 9.17) is 14.2 Å². The summed E-state index contributed by atoms with van der Waals surface area (Å²) in [5.41, 5.74) is -1.62. The van der Waals surface area contributed by atoms with E-state index in [0.29, 0.717) is 48.7 Å². The molecule has 5 rings (SSSR count). The minimum atomic E-state index is -4.75. The van der Waals surface area contributed by atoms with Crippen molar-refractivity contribution >= 4 is 5.97 Å². The third-order valence-electron chi connectivity index (χ3n) is 7.92. The molecule has 0 bridgehead atoms. The fourth-order valence-electron chi connectivity index (χ4n) is 5.69. The minimum Gasteiger partial charge on any atom is -0.486 e. The van der Waals surface area contributed by atoms with Gasteiger partial charge in [0.05, 0.1) is 24.2 Å². The van der Waals surface area contributed by atoms with Crippen molar-refractivity contribution in [2.45, 2.75) is 50.7 Å². The van der Waals surface area contributed by atoms with Gasteiger partial charge in [-0.15, -0.1) is 0 Å². The topological polar surface area (TPSA) is 48.0 Å². The van der Waals surface area contributed by atoms with Crippen molar-refractivity contribution in [1.82, 2.24) is 4.90 Å². The first kappa shape index (κ1) is 27.6. The highest BCUT2D eigenvalue weighted by atomic mass is 19.4. The number of hydrogen-bond donors (Lipinski definition) is 0. The lowest BCUT2D eigenvalue weighted by molar-refractivity contribution is -0.146. The molecule has 3 aliphatic rings. The van der Waals surface area contributed by atoms with Crippen LogP contribution in [0.5, 0.6) is 11.5 Å². The summed E-state index contributed by atoms with van der Waals surface area (Å²) in [6.45, 7) is 2.58. The van der Waals surface area contributed by atoms with Crippen LogP contribution < -0.4 is 9.47 Å². The molecular formula is C28H29F6NO4. The van der Waals surface area contributed by atoms with E-state index < -0.39 is 29.0 Å². The monoisotopic (exact) mass is 557 g/mol. The molecule has 0 radical (unpaired) electrons. The van der Waals surface area contributed by atoms with E-state index in [1.54, 1.807) is 4.90 Å². The SMILES string of the molecule is COC(=O)C(C)C(c1ccc2c(c1)O[C@@H](C1CN(Cc3cc(C(F)(F)F)ccc3C(F)(F)F)C1)CO2)C1CC1. The van der Waals surface area contributed by atoms with Gasteiger partial charge in [-0.3, -0.25) is 9.69 Å². The van der Waals surface area contributed by atoms with Crippen LogP contribution >= 0.6 is 0 Å². The molecule has 39 heavy (non-hydrogen) atoms. The highest BCUT2D eigenvalue weighted by Crippen LogP contribution is 2.49. The van der Waals surface area contributed by atoms with Gasteiger partial charge in [0.1, 0.15) is 12.7 Å². The number of likely N-dealkylation sites (tertiary alicyclic amines) is 1. The predicted octanol–water partition coefficient (Wildman–Crippen LogP) is 6.30. The molecule has 1 saturated heterocycles. The molecular weight excluding hydrogens is 528 g/mol. The van der Waals surface area contributed by atoms with Gasteiger partial charge in [0, 0.05) is 25.6 Å². The Morgan fingerprint density at radius 2 is 1.74 bits per heavy atom. The van der Waals surface area contributed by atoms with Crippen LogP contribution in [0.3, 0.4) is 0 Å². The standard InChI is InChI=1S/C28H29F6NO4/c1-15(26(36)37-2)25(16-3-4-16)17-5-8-22-23(10-17)39-24(14-38-22)19-12-35(13-19)11-18-9-20(27(29,30)31)6-7-21(18)28(32,33)34/h5-10,15-16,19,24-25H,3-4,11-14H2,1-2H3/t15?,24-,25?/m1/s1. The Hall–Kier alpha value is -2.95. The summed E-state index contributed by atoms with van der Waals surface area (Å²) >= 11 is 0. The molecule has 2 heterocycles. The quantitative estimate of drug-likeness (QED) is 0.296. The Labute approximate surface area is 222 Å². The lowest BCUT2D eigenvalue weighted by Gasteiger charge is -2.44. The number of hydrogen-bond acceptors (Lipinski definition) is 5. The molecule has 2 aromatic rings. The van der Waals surface area contributed by atoms with E-state index in [0.717, 1.165) is 18.4 Å². The van der Waals surface area contributed by atoms with E-state index in [-0.39, 0.29) is 43.0 Å². The maximum atomic E-state index is 13.5. The van der Waals surface area contributed by atoms with Gasteiger partial charge in [-0.25, -0.2) is 0 Å². The maximum Gasteiger partial charge on any atom is 0.416 e. The molecule has 2 unspecified atom stereocenters. The molecule has 1 saturated carbocycles. The Bertz CT molecular complexity index is 1220. The van der Waals surface area contributed by atoms with Crippen molar-refractivity contribution in [3.63, 3.8) is 0 Å². The zero-order valence-corrected chi connectivity index (χ0v) is 21.4. The molecule has 0 spiro atoms. The molecule has 2 aromatic carbocycles.